The Morgan fingerprint density at radius 1 is 0.594 bits per heavy atom. The van der Waals surface area contributed by atoms with Crippen LogP contribution < -0.4 is 19.5 Å². The molecule has 4 rings (SSSR count). The van der Waals surface area contributed by atoms with Crippen LogP contribution in [0.4, 0.5) is 10.5 Å². The van der Waals surface area contributed by atoms with E-state index in [-0.39, 0.29) is 0 Å². The minimum absolute atomic E-state index is 0.310. The predicted molar refractivity (Wildman–Crippen MR) is 122 cm³/mol. The van der Waals surface area contributed by atoms with E-state index in [1.165, 1.54) is 7.11 Å². The fourth-order valence-electron chi connectivity index (χ4n) is 2.92. The van der Waals surface area contributed by atoms with E-state index in [0.29, 0.717) is 40.2 Å². The quantitative estimate of drug-likeness (QED) is 0.337. The van der Waals surface area contributed by atoms with Gasteiger partial charge in [-0.3, -0.25) is 5.32 Å². The van der Waals surface area contributed by atoms with E-state index in [0.717, 1.165) is 0 Å². The van der Waals surface area contributed by atoms with Gasteiger partial charge in [0.05, 0.1) is 7.11 Å². The number of para-hydroxylation sites is 3. The van der Waals surface area contributed by atoms with Crippen molar-refractivity contribution in [1.82, 2.24) is 0 Å². The molecular formula is C26H21NO5. The van der Waals surface area contributed by atoms with Crippen molar-refractivity contribution in [3.63, 3.8) is 0 Å². The van der Waals surface area contributed by atoms with E-state index >= 15 is 0 Å². The smallest absolute Gasteiger partial charge is 0.411 e. The molecule has 1 amide bonds. The molecule has 4 aromatic rings. The number of anilines is 1. The second kappa shape index (κ2) is 10.0. The van der Waals surface area contributed by atoms with Crippen molar-refractivity contribution in [1.29, 1.82) is 0 Å². The molecule has 0 aromatic heterocycles. The summed E-state index contributed by atoms with van der Waals surface area (Å²) < 4.78 is 23.0. The number of rotatable bonds is 7. The zero-order chi connectivity index (χ0) is 22.2. The van der Waals surface area contributed by atoms with Crippen LogP contribution in [0.2, 0.25) is 0 Å². The number of carbonyl (C=O) groups is 1. The van der Waals surface area contributed by atoms with Gasteiger partial charge in [0.2, 0.25) is 0 Å². The monoisotopic (exact) mass is 427 g/mol. The maximum absolute atomic E-state index is 12.1. The van der Waals surface area contributed by atoms with Crippen LogP contribution in [-0.2, 0) is 4.74 Å². The zero-order valence-corrected chi connectivity index (χ0v) is 17.4. The first kappa shape index (κ1) is 20.8. The molecule has 0 saturated carbocycles. The normalized spacial score (nSPS) is 10.2. The van der Waals surface area contributed by atoms with Gasteiger partial charge in [-0.15, -0.1) is 0 Å². The standard InChI is InChI=1S/C26H21NO5/c1-29-26(28)27-25-23(31-20-13-7-3-8-14-20)17-22(30-19-11-5-2-6-12-19)18-24(25)32-21-15-9-4-10-16-21/h2-18H,1H3,(H,27,28). The largest absolute Gasteiger partial charge is 0.457 e. The van der Waals surface area contributed by atoms with Crippen molar-refractivity contribution in [2.45, 2.75) is 0 Å². The maximum atomic E-state index is 12.1. The SMILES string of the molecule is COC(=O)Nc1c(Oc2ccccc2)cc(Oc2ccccc2)cc1Oc1ccccc1. The Morgan fingerprint density at radius 3 is 1.41 bits per heavy atom. The summed E-state index contributed by atoms with van der Waals surface area (Å²) in [5.41, 5.74) is 0.310. The van der Waals surface area contributed by atoms with Gasteiger partial charge in [-0.25, -0.2) is 4.79 Å². The number of amides is 1. The topological polar surface area (TPSA) is 66.0 Å². The molecule has 0 spiro atoms. The number of carbonyl (C=O) groups excluding carboxylic acids is 1. The van der Waals surface area contributed by atoms with Gasteiger partial charge in [-0.1, -0.05) is 54.6 Å². The first-order chi connectivity index (χ1) is 15.7. The van der Waals surface area contributed by atoms with Crippen LogP contribution in [0.5, 0.6) is 34.5 Å². The Balaban J connectivity index is 1.79. The highest BCUT2D eigenvalue weighted by Crippen LogP contribution is 2.44. The molecule has 0 atom stereocenters. The molecule has 0 unspecified atom stereocenters. The number of hydrogen-bond donors (Lipinski definition) is 1. The van der Waals surface area contributed by atoms with Gasteiger partial charge in [0.25, 0.3) is 0 Å². The van der Waals surface area contributed by atoms with Gasteiger partial charge < -0.3 is 18.9 Å². The molecule has 32 heavy (non-hydrogen) atoms. The third-order valence-electron chi connectivity index (χ3n) is 4.37. The highest BCUT2D eigenvalue weighted by molar-refractivity contribution is 5.90. The summed E-state index contributed by atoms with van der Waals surface area (Å²) in [5, 5.41) is 2.69. The number of hydrogen-bond acceptors (Lipinski definition) is 5. The second-order valence-electron chi connectivity index (χ2n) is 6.66. The fraction of sp³-hybridized carbons (Fsp3) is 0.0385. The summed E-state index contributed by atoms with van der Waals surface area (Å²) in [4.78, 5) is 12.1. The molecule has 0 aliphatic heterocycles. The minimum atomic E-state index is -0.655. The lowest BCUT2D eigenvalue weighted by molar-refractivity contribution is 0.186. The predicted octanol–water partition coefficient (Wildman–Crippen LogP) is 7.24. The van der Waals surface area contributed by atoms with Gasteiger partial charge in [-0.05, 0) is 36.4 Å². The Kier molecular flexibility index (Phi) is 6.53. The second-order valence-corrected chi connectivity index (χ2v) is 6.66. The molecule has 160 valence electrons. The molecule has 0 aliphatic carbocycles. The van der Waals surface area contributed by atoms with E-state index < -0.39 is 6.09 Å². The van der Waals surface area contributed by atoms with E-state index in [1.54, 1.807) is 12.1 Å². The fourth-order valence-corrected chi connectivity index (χ4v) is 2.92. The zero-order valence-electron chi connectivity index (χ0n) is 17.4. The molecular weight excluding hydrogens is 406 g/mol. The summed E-state index contributed by atoms with van der Waals surface area (Å²) in [5.74, 6) is 2.97. The Labute approximate surface area is 185 Å². The molecule has 1 N–H and O–H groups in total. The van der Waals surface area contributed by atoms with Crippen molar-refractivity contribution >= 4 is 11.8 Å². The highest BCUT2D eigenvalue weighted by Gasteiger charge is 2.19. The minimum Gasteiger partial charge on any atom is -0.457 e. The third kappa shape index (κ3) is 5.37. The highest BCUT2D eigenvalue weighted by atomic mass is 16.5. The average Bonchev–Trinajstić information content (AvgIpc) is 2.83. The summed E-state index contributed by atoms with van der Waals surface area (Å²) in [7, 11) is 1.29. The van der Waals surface area contributed by atoms with Gasteiger partial charge in [0, 0.05) is 12.1 Å². The van der Waals surface area contributed by atoms with Gasteiger partial charge in [0.15, 0.2) is 11.5 Å². The lowest BCUT2D eigenvalue weighted by atomic mass is 10.2. The van der Waals surface area contributed by atoms with Gasteiger partial charge >= 0.3 is 6.09 Å². The summed E-state index contributed by atoms with van der Waals surface area (Å²) in [6.07, 6.45) is -0.655. The summed E-state index contributed by atoms with van der Waals surface area (Å²) in [6.45, 7) is 0. The number of ether oxygens (including phenoxy) is 4. The van der Waals surface area contributed by atoms with Crippen molar-refractivity contribution < 1.29 is 23.7 Å². The van der Waals surface area contributed by atoms with Crippen LogP contribution in [0.25, 0.3) is 0 Å². The molecule has 0 radical (unpaired) electrons. The van der Waals surface area contributed by atoms with E-state index in [9.17, 15) is 4.79 Å². The van der Waals surface area contributed by atoms with E-state index in [4.69, 9.17) is 18.9 Å². The Hall–Kier alpha value is -4.45. The average molecular weight is 427 g/mol. The van der Waals surface area contributed by atoms with E-state index in [1.807, 2.05) is 91.0 Å². The first-order valence-electron chi connectivity index (χ1n) is 9.93. The van der Waals surface area contributed by atoms with Crippen molar-refractivity contribution in [3.8, 4) is 34.5 Å². The molecule has 0 fully saturated rings. The van der Waals surface area contributed by atoms with E-state index in [2.05, 4.69) is 5.32 Å². The number of benzene rings is 4. The molecule has 6 nitrogen and oxygen atoms in total. The molecule has 0 heterocycles. The van der Waals surface area contributed by atoms with Crippen molar-refractivity contribution in [3.05, 3.63) is 103 Å². The molecule has 0 bridgehead atoms. The summed E-state index contributed by atoms with van der Waals surface area (Å²) >= 11 is 0. The maximum Gasteiger partial charge on any atom is 0.411 e. The summed E-state index contributed by atoms with van der Waals surface area (Å²) in [6, 6.07) is 31.2. The number of nitrogens with one attached hydrogen (secondary N) is 1. The Bertz CT molecular complexity index is 1100. The number of methoxy groups -OCH3 is 1. The van der Waals surface area contributed by atoms with Crippen molar-refractivity contribution in [2.24, 2.45) is 0 Å². The van der Waals surface area contributed by atoms with Gasteiger partial charge in [-0.2, -0.15) is 0 Å². The van der Waals surface area contributed by atoms with Gasteiger partial charge in [0.1, 0.15) is 28.7 Å². The lowest BCUT2D eigenvalue weighted by Gasteiger charge is -2.18. The molecule has 4 aromatic carbocycles. The van der Waals surface area contributed by atoms with Crippen LogP contribution in [-0.4, -0.2) is 13.2 Å². The van der Waals surface area contributed by atoms with Crippen LogP contribution in [0.1, 0.15) is 0 Å². The Morgan fingerprint density at radius 2 is 1.00 bits per heavy atom. The lowest BCUT2D eigenvalue weighted by Crippen LogP contribution is -2.12. The van der Waals surface area contributed by atoms with Crippen molar-refractivity contribution in [2.75, 3.05) is 12.4 Å². The third-order valence-corrected chi connectivity index (χ3v) is 4.37. The first-order valence-corrected chi connectivity index (χ1v) is 9.93. The van der Waals surface area contributed by atoms with Crippen LogP contribution in [0.3, 0.4) is 0 Å². The van der Waals surface area contributed by atoms with Crippen LogP contribution in [0, 0.1) is 0 Å². The van der Waals surface area contributed by atoms with Crippen LogP contribution >= 0.6 is 0 Å². The molecule has 0 saturated heterocycles. The molecule has 6 heteroatoms. The van der Waals surface area contributed by atoms with Crippen LogP contribution in [0.15, 0.2) is 103 Å². The molecule has 0 aliphatic rings.